The van der Waals surface area contributed by atoms with E-state index in [0.717, 1.165) is 31.6 Å². The van der Waals surface area contributed by atoms with Crippen LogP contribution in [-0.4, -0.2) is 80.1 Å². The maximum absolute atomic E-state index is 15.2. The van der Waals surface area contributed by atoms with Crippen LogP contribution in [0.25, 0.3) is 0 Å². The summed E-state index contributed by atoms with van der Waals surface area (Å²) in [6.45, 7) is 5.91. The number of carbonyl (C=O) groups excluding carboxylic acids is 4. The Morgan fingerprint density at radius 1 is 1.14 bits per heavy atom. The maximum Gasteiger partial charge on any atom is 0.254 e. The summed E-state index contributed by atoms with van der Waals surface area (Å²) in [5, 5.41) is 2.06. The van der Waals surface area contributed by atoms with Gasteiger partial charge in [-0.05, 0) is 44.2 Å². The first kappa shape index (κ1) is 26.8. The molecule has 1 N–H and O–H groups in total. The Balaban J connectivity index is 1.63. The van der Waals surface area contributed by atoms with Crippen LogP contribution in [0.15, 0.2) is 12.1 Å². The first-order valence-electron chi connectivity index (χ1n) is 12.6. The summed E-state index contributed by atoms with van der Waals surface area (Å²) in [5.74, 6) is -0.683. The van der Waals surface area contributed by atoms with Gasteiger partial charge >= 0.3 is 0 Å². The van der Waals surface area contributed by atoms with Crippen molar-refractivity contribution in [1.29, 1.82) is 0 Å². The summed E-state index contributed by atoms with van der Waals surface area (Å²) in [4.78, 5) is 52.5. The normalized spacial score (nSPS) is 18.1. The molecule has 0 spiro atoms. The molecule has 2 aliphatic rings. The van der Waals surface area contributed by atoms with E-state index in [-0.39, 0.29) is 23.6 Å². The third-order valence-electron chi connectivity index (χ3n) is 7.42. The van der Waals surface area contributed by atoms with Gasteiger partial charge in [0.25, 0.3) is 5.91 Å². The van der Waals surface area contributed by atoms with Gasteiger partial charge in [-0.1, -0.05) is 19.3 Å². The van der Waals surface area contributed by atoms with Crippen LogP contribution in [0.3, 0.4) is 0 Å². The van der Waals surface area contributed by atoms with Crippen molar-refractivity contribution < 1.29 is 23.6 Å². The van der Waals surface area contributed by atoms with Gasteiger partial charge in [0.2, 0.25) is 12.3 Å². The fraction of sp³-hybridized carbons (Fsp3) is 0.615. The number of aldehydes is 1. The molecular formula is C26H37FN4O4. The van der Waals surface area contributed by atoms with Crippen molar-refractivity contribution in [2.75, 3.05) is 44.7 Å². The van der Waals surface area contributed by atoms with Crippen molar-refractivity contribution in [1.82, 2.24) is 15.1 Å². The Kier molecular flexibility index (Phi) is 9.77. The summed E-state index contributed by atoms with van der Waals surface area (Å²) < 4.78 is 15.2. The number of benzene rings is 1. The third kappa shape index (κ3) is 7.10. The Morgan fingerprint density at radius 3 is 2.46 bits per heavy atom. The van der Waals surface area contributed by atoms with E-state index in [4.69, 9.17) is 0 Å². The molecule has 3 rings (SSSR count). The molecule has 1 saturated carbocycles. The molecule has 1 heterocycles. The SMILES string of the molecule is CC(CCC(=O)NC=O)N(C)C(=O)c1cc(F)c(N2CCN(CC3CCCCC3)CC2)cc1C=O. The van der Waals surface area contributed by atoms with Crippen LogP contribution in [0.2, 0.25) is 0 Å². The number of hydrogen-bond acceptors (Lipinski definition) is 6. The van der Waals surface area contributed by atoms with Crippen LogP contribution in [0.1, 0.15) is 72.6 Å². The lowest BCUT2D eigenvalue weighted by Crippen LogP contribution is -2.48. The van der Waals surface area contributed by atoms with Crippen LogP contribution in [-0.2, 0) is 9.59 Å². The second kappa shape index (κ2) is 12.8. The second-order valence-electron chi connectivity index (χ2n) is 9.79. The van der Waals surface area contributed by atoms with Crippen LogP contribution in [0, 0.1) is 11.7 Å². The minimum absolute atomic E-state index is 0.00359. The molecule has 1 saturated heterocycles. The number of hydrogen-bond donors (Lipinski definition) is 1. The number of amides is 3. The van der Waals surface area contributed by atoms with Crippen molar-refractivity contribution in [3.05, 3.63) is 29.1 Å². The van der Waals surface area contributed by atoms with Crippen molar-refractivity contribution in [3.63, 3.8) is 0 Å². The Hall–Kier alpha value is -2.81. The number of imide groups is 1. The van der Waals surface area contributed by atoms with Crippen molar-refractivity contribution >= 4 is 30.2 Å². The van der Waals surface area contributed by atoms with E-state index in [2.05, 4.69) is 10.2 Å². The number of nitrogens with zero attached hydrogens (tertiary/aromatic N) is 3. The van der Waals surface area contributed by atoms with E-state index in [1.54, 1.807) is 14.0 Å². The van der Waals surface area contributed by atoms with E-state index in [0.29, 0.717) is 37.9 Å². The largest absolute Gasteiger partial charge is 0.367 e. The van der Waals surface area contributed by atoms with Gasteiger partial charge in [-0.25, -0.2) is 4.39 Å². The molecule has 1 aliphatic carbocycles. The molecule has 2 fully saturated rings. The zero-order chi connectivity index (χ0) is 25.4. The Bertz CT molecular complexity index is 911. The first-order valence-corrected chi connectivity index (χ1v) is 12.6. The summed E-state index contributed by atoms with van der Waals surface area (Å²) in [5.41, 5.74) is 0.500. The molecule has 1 atom stereocenters. The lowest BCUT2D eigenvalue weighted by molar-refractivity contribution is -0.125. The van der Waals surface area contributed by atoms with Crippen molar-refractivity contribution in [2.45, 2.75) is 57.9 Å². The van der Waals surface area contributed by atoms with Gasteiger partial charge in [0.15, 0.2) is 6.29 Å². The van der Waals surface area contributed by atoms with Gasteiger partial charge < -0.3 is 9.80 Å². The van der Waals surface area contributed by atoms with Crippen molar-refractivity contribution in [2.24, 2.45) is 5.92 Å². The predicted octanol–water partition coefficient (Wildman–Crippen LogP) is 2.85. The van der Waals surface area contributed by atoms with Crippen LogP contribution >= 0.6 is 0 Å². The molecule has 9 heteroatoms. The minimum Gasteiger partial charge on any atom is -0.367 e. The lowest BCUT2D eigenvalue weighted by Gasteiger charge is -2.38. The third-order valence-corrected chi connectivity index (χ3v) is 7.42. The van der Waals surface area contributed by atoms with Gasteiger partial charge in [-0.2, -0.15) is 0 Å². The number of nitrogens with one attached hydrogen (secondary N) is 1. The van der Waals surface area contributed by atoms with Gasteiger partial charge in [0.1, 0.15) is 5.82 Å². The van der Waals surface area contributed by atoms with E-state index in [1.165, 1.54) is 43.1 Å². The second-order valence-corrected chi connectivity index (χ2v) is 9.79. The molecule has 192 valence electrons. The average molecular weight is 489 g/mol. The number of halogens is 1. The smallest absolute Gasteiger partial charge is 0.254 e. The predicted molar refractivity (Wildman–Crippen MR) is 132 cm³/mol. The summed E-state index contributed by atoms with van der Waals surface area (Å²) in [6.07, 6.45) is 7.87. The molecule has 0 aromatic heterocycles. The molecule has 8 nitrogen and oxygen atoms in total. The highest BCUT2D eigenvalue weighted by Gasteiger charge is 2.26. The first-order chi connectivity index (χ1) is 16.8. The van der Waals surface area contributed by atoms with Gasteiger partial charge in [-0.15, -0.1) is 0 Å². The molecule has 1 aromatic rings. The zero-order valence-corrected chi connectivity index (χ0v) is 20.8. The van der Waals surface area contributed by atoms with Gasteiger partial charge in [-0.3, -0.25) is 29.4 Å². The van der Waals surface area contributed by atoms with Crippen LogP contribution in [0.4, 0.5) is 10.1 Å². The summed E-state index contributed by atoms with van der Waals surface area (Å²) >= 11 is 0. The zero-order valence-electron chi connectivity index (χ0n) is 20.8. The minimum atomic E-state index is -0.522. The maximum atomic E-state index is 15.2. The van der Waals surface area contributed by atoms with Gasteiger partial charge in [0, 0.05) is 57.8 Å². The fourth-order valence-electron chi connectivity index (χ4n) is 5.07. The monoisotopic (exact) mass is 488 g/mol. The quantitative estimate of drug-likeness (QED) is 0.510. The summed E-state index contributed by atoms with van der Waals surface area (Å²) in [7, 11) is 1.55. The number of piperazine rings is 1. The molecular weight excluding hydrogens is 451 g/mol. The van der Waals surface area contributed by atoms with E-state index < -0.39 is 17.6 Å². The number of carbonyl (C=O) groups is 4. The molecule has 3 amide bonds. The molecule has 1 unspecified atom stereocenters. The highest BCUT2D eigenvalue weighted by molar-refractivity contribution is 6.02. The van der Waals surface area contributed by atoms with E-state index >= 15 is 4.39 Å². The molecule has 0 radical (unpaired) electrons. The highest BCUT2D eigenvalue weighted by Crippen LogP contribution is 2.28. The van der Waals surface area contributed by atoms with Gasteiger partial charge in [0.05, 0.1) is 11.3 Å². The molecule has 35 heavy (non-hydrogen) atoms. The van der Waals surface area contributed by atoms with Crippen LogP contribution in [0.5, 0.6) is 0 Å². The lowest BCUT2D eigenvalue weighted by atomic mass is 9.89. The molecule has 1 aromatic carbocycles. The standard InChI is InChI=1S/C26H37FN4O4/c1-19(8-9-25(34)28-18-33)29(2)26(35)22-15-23(27)24(14-21(22)17-32)31-12-10-30(11-13-31)16-20-6-4-3-5-7-20/h14-15,17-20H,3-13,16H2,1-2H3,(H,28,33,34). The highest BCUT2D eigenvalue weighted by atomic mass is 19.1. The number of rotatable bonds is 10. The average Bonchev–Trinajstić information content (AvgIpc) is 2.87. The Morgan fingerprint density at radius 2 is 1.83 bits per heavy atom. The molecule has 1 aliphatic heterocycles. The van der Waals surface area contributed by atoms with E-state index in [1.807, 2.05) is 4.90 Å². The van der Waals surface area contributed by atoms with E-state index in [9.17, 15) is 19.2 Å². The topological polar surface area (TPSA) is 90.0 Å². The fourth-order valence-corrected chi connectivity index (χ4v) is 5.07. The number of anilines is 1. The summed E-state index contributed by atoms with van der Waals surface area (Å²) in [6, 6.07) is 2.28. The van der Waals surface area contributed by atoms with Crippen LogP contribution < -0.4 is 10.2 Å². The Labute approximate surface area is 206 Å². The molecule has 0 bridgehead atoms. The van der Waals surface area contributed by atoms with Crippen molar-refractivity contribution in [3.8, 4) is 0 Å².